The van der Waals surface area contributed by atoms with E-state index in [-0.39, 0.29) is 5.91 Å². The van der Waals surface area contributed by atoms with Crippen LogP contribution in [0.5, 0.6) is 0 Å². The highest BCUT2D eigenvalue weighted by molar-refractivity contribution is 6.33. The minimum atomic E-state index is 0.126. The first kappa shape index (κ1) is 18.5. The third kappa shape index (κ3) is 4.18. The van der Waals surface area contributed by atoms with E-state index in [1.54, 1.807) is 6.20 Å². The second-order valence-electron chi connectivity index (χ2n) is 6.78. The van der Waals surface area contributed by atoms with E-state index in [9.17, 15) is 4.79 Å². The average Bonchev–Trinajstić information content (AvgIpc) is 3.22. The molecule has 0 saturated carbocycles. The monoisotopic (exact) mass is 392 g/mol. The van der Waals surface area contributed by atoms with Crippen LogP contribution >= 0.6 is 11.6 Å². The summed E-state index contributed by atoms with van der Waals surface area (Å²) in [6.07, 6.45) is 5.56. The van der Waals surface area contributed by atoms with Crippen LogP contribution in [0.25, 0.3) is 16.9 Å². The van der Waals surface area contributed by atoms with E-state index >= 15 is 0 Å². The number of aryl methyl sites for hydroxylation is 1. The van der Waals surface area contributed by atoms with Gasteiger partial charge in [0, 0.05) is 31.5 Å². The summed E-state index contributed by atoms with van der Waals surface area (Å²) >= 11 is 6.20. The highest BCUT2D eigenvalue weighted by Crippen LogP contribution is 2.28. The number of carbonyl (C=O) groups excluding carboxylic acids is 1. The second kappa shape index (κ2) is 8.44. The zero-order valence-corrected chi connectivity index (χ0v) is 16.2. The molecule has 4 rings (SSSR count). The number of rotatable bonds is 5. The molecule has 3 aromatic rings. The quantitative estimate of drug-likeness (QED) is 0.596. The molecule has 0 saturated heterocycles. The normalized spacial score (nSPS) is 14.0. The predicted octanol–water partition coefficient (Wildman–Crippen LogP) is 5.24. The van der Waals surface area contributed by atoms with Crippen LogP contribution in [0.15, 0.2) is 71.3 Å². The van der Waals surface area contributed by atoms with Crippen LogP contribution in [0.1, 0.15) is 24.3 Å². The molecule has 4 nitrogen and oxygen atoms in total. The molecule has 0 radical (unpaired) electrons. The van der Waals surface area contributed by atoms with Gasteiger partial charge in [-0.25, -0.2) is 4.98 Å². The summed E-state index contributed by atoms with van der Waals surface area (Å²) in [4.78, 5) is 18.7. The van der Waals surface area contributed by atoms with Crippen LogP contribution in [-0.4, -0.2) is 28.9 Å². The number of hydrogen-bond donors (Lipinski definition) is 0. The Hall–Kier alpha value is -2.85. The molecule has 1 aliphatic heterocycles. The lowest BCUT2D eigenvalue weighted by molar-refractivity contribution is -0.130. The minimum Gasteiger partial charge on any atom is -0.441 e. The Kier molecular flexibility index (Phi) is 5.58. The number of amides is 1. The Morgan fingerprint density at radius 1 is 1.11 bits per heavy atom. The highest BCUT2D eigenvalue weighted by atomic mass is 35.5. The fourth-order valence-electron chi connectivity index (χ4n) is 3.39. The highest BCUT2D eigenvalue weighted by Gasteiger charge is 2.19. The van der Waals surface area contributed by atoms with Crippen molar-refractivity contribution in [3.8, 4) is 11.3 Å². The molecule has 0 aliphatic carbocycles. The lowest BCUT2D eigenvalue weighted by Gasteiger charge is -2.26. The van der Waals surface area contributed by atoms with Crippen molar-refractivity contribution < 1.29 is 9.21 Å². The smallest absolute Gasteiger partial charge is 0.223 e. The summed E-state index contributed by atoms with van der Waals surface area (Å²) in [6, 6.07) is 17.8. The van der Waals surface area contributed by atoms with Gasteiger partial charge in [0.1, 0.15) is 0 Å². The van der Waals surface area contributed by atoms with Gasteiger partial charge in [-0.2, -0.15) is 0 Å². The maximum absolute atomic E-state index is 12.6. The summed E-state index contributed by atoms with van der Waals surface area (Å²) in [5.74, 6) is 1.31. The Morgan fingerprint density at radius 2 is 1.89 bits per heavy atom. The van der Waals surface area contributed by atoms with Crippen molar-refractivity contribution in [2.75, 3.05) is 13.1 Å². The Balaban J connectivity index is 1.33. The summed E-state index contributed by atoms with van der Waals surface area (Å²) < 4.78 is 5.78. The van der Waals surface area contributed by atoms with Gasteiger partial charge in [0.2, 0.25) is 5.91 Å². The second-order valence-corrected chi connectivity index (χ2v) is 7.19. The van der Waals surface area contributed by atoms with Crippen molar-refractivity contribution in [3.63, 3.8) is 0 Å². The topological polar surface area (TPSA) is 46.3 Å². The van der Waals surface area contributed by atoms with Gasteiger partial charge in [0.05, 0.1) is 11.2 Å². The molecule has 1 aliphatic rings. The van der Waals surface area contributed by atoms with Crippen LogP contribution in [0.3, 0.4) is 0 Å². The fourth-order valence-corrected chi connectivity index (χ4v) is 3.62. The molecule has 0 atom stereocenters. The first-order chi connectivity index (χ1) is 13.7. The van der Waals surface area contributed by atoms with Crippen LogP contribution < -0.4 is 0 Å². The summed E-state index contributed by atoms with van der Waals surface area (Å²) in [6.45, 7) is 1.40. The molecule has 1 amide bonds. The van der Waals surface area contributed by atoms with Gasteiger partial charge in [-0.3, -0.25) is 4.79 Å². The van der Waals surface area contributed by atoms with Gasteiger partial charge < -0.3 is 9.32 Å². The number of hydrogen-bond acceptors (Lipinski definition) is 3. The molecule has 0 fully saturated rings. The van der Waals surface area contributed by atoms with Crippen molar-refractivity contribution in [3.05, 3.63) is 83.3 Å². The van der Waals surface area contributed by atoms with E-state index in [1.165, 1.54) is 11.1 Å². The van der Waals surface area contributed by atoms with Gasteiger partial charge in [-0.15, -0.1) is 0 Å². The molecular formula is C23H21ClN2O2. The molecule has 2 heterocycles. The molecule has 1 aromatic heterocycles. The van der Waals surface area contributed by atoms with Crippen molar-refractivity contribution in [1.29, 1.82) is 0 Å². The van der Waals surface area contributed by atoms with Crippen LogP contribution in [0.2, 0.25) is 5.02 Å². The van der Waals surface area contributed by atoms with Gasteiger partial charge in [0.25, 0.3) is 0 Å². The molecular weight excluding hydrogens is 372 g/mol. The third-order valence-electron chi connectivity index (χ3n) is 4.95. The van der Waals surface area contributed by atoms with Crippen molar-refractivity contribution in [2.45, 2.75) is 19.3 Å². The van der Waals surface area contributed by atoms with E-state index in [1.807, 2.05) is 47.4 Å². The van der Waals surface area contributed by atoms with Gasteiger partial charge >= 0.3 is 0 Å². The summed E-state index contributed by atoms with van der Waals surface area (Å²) in [5.41, 5.74) is 3.35. The number of oxazole rings is 1. The van der Waals surface area contributed by atoms with Crippen LogP contribution in [0.4, 0.5) is 0 Å². The summed E-state index contributed by atoms with van der Waals surface area (Å²) in [5, 5.41) is 0.621. The van der Waals surface area contributed by atoms with Gasteiger partial charge in [0.15, 0.2) is 11.7 Å². The van der Waals surface area contributed by atoms with E-state index in [0.717, 1.165) is 18.5 Å². The molecule has 2 aromatic carbocycles. The van der Waals surface area contributed by atoms with E-state index in [0.29, 0.717) is 36.1 Å². The van der Waals surface area contributed by atoms with E-state index < -0.39 is 0 Å². The number of carbonyl (C=O) groups is 1. The molecule has 0 spiro atoms. The van der Waals surface area contributed by atoms with Crippen molar-refractivity contribution in [2.24, 2.45) is 0 Å². The lowest BCUT2D eigenvalue weighted by atomic mass is 9.99. The van der Waals surface area contributed by atoms with Gasteiger partial charge in [-0.05, 0) is 29.7 Å². The van der Waals surface area contributed by atoms with Crippen LogP contribution in [-0.2, 0) is 11.2 Å². The number of aromatic nitrogens is 1. The first-order valence-electron chi connectivity index (χ1n) is 9.42. The zero-order chi connectivity index (χ0) is 19.3. The maximum atomic E-state index is 12.6. The molecule has 0 unspecified atom stereocenters. The molecule has 5 heteroatoms. The maximum Gasteiger partial charge on any atom is 0.223 e. The minimum absolute atomic E-state index is 0.126. The van der Waals surface area contributed by atoms with E-state index in [2.05, 4.69) is 23.2 Å². The SMILES string of the molecule is O=C(CCc1ncc(-c2ccccc2Cl)o1)N1CC=C(c2ccccc2)CC1. The third-order valence-corrected chi connectivity index (χ3v) is 5.28. The van der Waals surface area contributed by atoms with Crippen molar-refractivity contribution >= 4 is 23.1 Å². The molecule has 0 bridgehead atoms. The lowest BCUT2D eigenvalue weighted by Crippen LogP contribution is -2.34. The first-order valence-corrected chi connectivity index (χ1v) is 9.80. The zero-order valence-electron chi connectivity index (χ0n) is 15.5. The molecule has 28 heavy (non-hydrogen) atoms. The Labute approximate surface area is 169 Å². The van der Waals surface area contributed by atoms with Gasteiger partial charge in [-0.1, -0.05) is 60.1 Å². The molecule has 0 N–H and O–H groups in total. The Morgan fingerprint density at radius 3 is 2.64 bits per heavy atom. The number of benzene rings is 2. The fraction of sp³-hybridized carbons (Fsp3) is 0.217. The predicted molar refractivity (Wildman–Crippen MR) is 111 cm³/mol. The average molecular weight is 393 g/mol. The standard InChI is InChI=1S/C23H21ClN2O2/c24-20-9-5-4-8-19(20)21-16-25-22(28-21)10-11-23(27)26-14-12-18(13-15-26)17-6-2-1-3-7-17/h1-9,12,16H,10-11,13-15H2. The largest absolute Gasteiger partial charge is 0.441 e. The number of nitrogens with zero attached hydrogens (tertiary/aromatic N) is 2. The Bertz CT molecular complexity index is 995. The molecule has 142 valence electrons. The summed E-state index contributed by atoms with van der Waals surface area (Å²) in [7, 11) is 0. The van der Waals surface area contributed by atoms with Crippen molar-refractivity contribution in [1.82, 2.24) is 9.88 Å². The van der Waals surface area contributed by atoms with E-state index in [4.69, 9.17) is 16.0 Å². The number of halogens is 1. The van der Waals surface area contributed by atoms with Crippen LogP contribution in [0, 0.1) is 0 Å².